The van der Waals surface area contributed by atoms with Crippen LogP contribution >= 0.6 is 11.3 Å². The molecule has 2 unspecified atom stereocenters. The molecule has 144 valence electrons. The number of aryl methyl sites for hydroxylation is 2. The highest BCUT2D eigenvalue weighted by Crippen LogP contribution is 2.30. The van der Waals surface area contributed by atoms with Gasteiger partial charge in [0.1, 0.15) is 5.01 Å². The first-order valence-corrected chi connectivity index (χ1v) is 10.6. The molecule has 0 saturated carbocycles. The zero-order valence-corrected chi connectivity index (χ0v) is 16.8. The molecule has 0 aliphatic carbocycles. The molecule has 2 N–H and O–H groups in total. The maximum absolute atomic E-state index is 12.7. The van der Waals surface area contributed by atoms with Crippen molar-refractivity contribution in [2.45, 2.75) is 33.1 Å². The van der Waals surface area contributed by atoms with Crippen LogP contribution < -0.4 is 10.6 Å². The summed E-state index contributed by atoms with van der Waals surface area (Å²) in [7, 11) is 0. The number of hydrogen-bond donors (Lipinski definition) is 2. The number of amides is 2. The molecule has 7 heteroatoms. The van der Waals surface area contributed by atoms with E-state index in [2.05, 4.69) is 52.9 Å². The lowest BCUT2D eigenvalue weighted by atomic mass is 9.85. The lowest BCUT2D eigenvalue weighted by Crippen LogP contribution is -2.44. The number of rotatable bonds is 3. The van der Waals surface area contributed by atoms with Crippen LogP contribution in [0.2, 0.25) is 0 Å². The van der Waals surface area contributed by atoms with Gasteiger partial charge in [0.2, 0.25) is 5.13 Å². The number of anilines is 1. The standard InChI is InChI=1S/C20H27N5OS/c1-13-8-14(2)10-17(9-13)18-23-24-19(27-18)22-20(26)25-7-3-4-16(12-25)15-5-6-21-11-15/h8-10,15-16,21H,3-7,11-12H2,1-2H3,(H,22,24,26). The van der Waals surface area contributed by atoms with Crippen LogP contribution in [-0.2, 0) is 0 Å². The zero-order chi connectivity index (χ0) is 18.8. The Morgan fingerprint density at radius 1 is 1.19 bits per heavy atom. The Bertz CT molecular complexity index is 794. The summed E-state index contributed by atoms with van der Waals surface area (Å²) in [6, 6.07) is 6.29. The van der Waals surface area contributed by atoms with Gasteiger partial charge in [-0.1, -0.05) is 28.5 Å². The van der Waals surface area contributed by atoms with Crippen molar-refractivity contribution in [3.05, 3.63) is 29.3 Å². The van der Waals surface area contributed by atoms with Gasteiger partial charge in [0, 0.05) is 18.7 Å². The predicted molar refractivity (Wildman–Crippen MR) is 109 cm³/mol. The van der Waals surface area contributed by atoms with Gasteiger partial charge < -0.3 is 10.2 Å². The second-order valence-corrected chi connectivity index (χ2v) is 8.80. The van der Waals surface area contributed by atoms with E-state index >= 15 is 0 Å². The number of benzene rings is 1. The lowest BCUT2D eigenvalue weighted by molar-refractivity contribution is 0.154. The Morgan fingerprint density at radius 3 is 2.74 bits per heavy atom. The number of nitrogens with one attached hydrogen (secondary N) is 2. The van der Waals surface area contributed by atoms with E-state index in [1.165, 1.54) is 35.3 Å². The third kappa shape index (κ3) is 4.30. The Labute approximate surface area is 164 Å². The number of carbonyl (C=O) groups is 1. The van der Waals surface area contributed by atoms with Crippen molar-refractivity contribution in [2.24, 2.45) is 11.8 Å². The summed E-state index contributed by atoms with van der Waals surface area (Å²) >= 11 is 1.43. The molecule has 6 nitrogen and oxygen atoms in total. The summed E-state index contributed by atoms with van der Waals surface area (Å²) in [5, 5.41) is 16.3. The Hall–Kier alpha value is -1.99. The quantitative estimate of drug-likeness (QED) is 0.846. The Balaban J connectivity index is 1.40. The number of aromatic nitrogens is 2. The Morgan fingerprint density at radius 2 is 2.00 bits per heavy atom. The highest BCUT2D eigenvalue weighted by atomic mass is 32.1. The van der Waals surface area contributed by atoms with Gasteiger partial charge in [0.25, 0.3) is 0 Å². The van der Waals surface area contributed by atoms with Gasteiger partial charge in [0.15, 0.2) is 0 Å². The number of piperidine rings is 1. The fourth-order valence-electron chi connectivity index (χ4n) is 4.32. The van der Waals surface area contributed by atoms with E-state index in [0.29, 0.717) is 17.0 Å². The molecule has 2 fully saturated rings. The summed E-state index contributed by atoms with van der Waals surface area (Å²) in [4.78, 5) is 14.7. The van der Waals surface area contributed by atoms with Crippen molar-refractivity contribution in [1.82, 2.24) is 20.4 Å². The average Bonchev–Trinajstić information content (AvgIpc) is 3.33. The topological polar surface area (TPSA) is 70.2 Å². The number of carbonyl (C=O) groups excluding carboxylic acids is 1. The first kappa shape index (κ1) is 18.4. The van der Waals surface area contributed by atoms with Crippen LogP contribution in [0.3, 0.4) is 0 Å². The molecule has 0 spiro atoms. The van der Waals surface area contributed by atoms with E-state index in [1.54, 1.807) is 0 Å². The third-order valence-electron chi connectivity index (χ3n) is 5.62. The molecule has 3 heterocycles. The highest BCUT2D eigenvalue weighted by Gasteiger charge is 2.31. The van der Waals surface area contributed by atoms with Crippen LogP contribution in [0.4, 0.5) is 9.93 Å². The largest absolute Gasteiger partial charge is 0.324 e. The van der Waals surface area contributed by atoms with Crippen LogP contribution in [0.1, 0.15) is 30.4 Å². The van der Waals surface area contributed by atoms with E-state index in [0.717, 1.165) is 43.2 Å². The Kier molecular flexibility index (Phi) is 5.41. The van der Waals surface area contributed by atoms with Crippen LogP contribution in [0.25, 0.3) is 10.6 Å². The molecule has 2 amide bonds. The van der Waals surface area contributed by atoms with E-state index in [1.807, 2.05) is 4.90 Å². The molecule has 2 aliphatic heterocycles. The van der Waals surface area contributed by atoms with Crippen molar-refractivity contribution in [3.63, 3.8) is 0 Å². The number of hydrogen-bond acceptors (Lipinski definition) is 5. The second kappa shape index (κ2) is 7.94. The molecule has 2 aliphatic rings. The van der Waals surface area contributed by atoms with Crippen molar-refractivity contribution in [1.29, 1.82) is 0 Å². The smallest absolute Gasteiger partial charge is 0.323 e. The molecule has 4 rings (SSSR count). The highest BCUT2D eigenvalue weighted by molar-refractivity contribution is 7.18. The van der Waals surface area contributed by atoms with Gasteiger partial charge in [-0.15, -0.1) is 10.2 Å². The molecule has 2 atom stereocenters. The molecule has 0 radical (unpaired) electrons. The maximum Gasteiger partial charge on any atom is 0.323 e. The van der Waals surface area contributed by atoms with E-state index in [-0.39, 0.29) is 6.03 Å². The third-order valence-corrected chi connectivity index (χ3v) is 6.51. The number of urea groups is 1. The van der Waals surface area contributed by atoms with Crippen LogP contribution in [0.5, 0.6) is 0 Å². The van der Waals surface area contributed by atoms with Crippen LogP contribution in [-0.4, -0.2) is 47.3 Å². The van der Waals surface area contributed by atoms with Crippen molar-refractivity contribution >= 4 is 22.5 Å². The summed E-state index contributed by atoms with van der Waals surface area (Å²) in [6.07, 6.45) is 3.54. The monoisotopic (exact) mass is 385 g/mol. The minimum Gasteiger partial charge on any atom is -0.324 e. The molecule has 2 aromatic rings. The van der Waals surface area contributed by atoms with E-state index in [4.69, 9.17) is 0 Å². The van der Waals surface area contributed by atoms with Crippen molar-refractivity contribution in [3.8, 4) is 10.6 Å². The normalized spacial score (nSPS) is 22.8. The molecule has 27 heavy (non-hydrogen) atoms. The predicted octanol–water partition coefficient (Wildman–Crippen LogP) is 3.68. The minimum absolute atomic E-state index is 0.0474. The zero-order valence-electron chi connectivity index (χ0n) is 16.0. The maximum atomic E-state index is 12.7. The van der Waals surface area contributed by atoms with Gasteiger partial charge in [-0.25, -0.2) is 4.79 Å². The van der Waals surface area contributed by atoms with E-state index in [9.17, 15) is 4.79 Å². The second-order valence-electron chi connectivity index (χ2n) is 7.82. The minimum atomic E-state index is -0.0474. The van der Waals surface area contributed by atoms with E-state index < -0.39 is 0 Å². The van der Waals surface area contributed by atoms with Crippen LogP contribution in [0, 0.1) is 25.7 Å². The van der Waals surface area contributed by atoms with Crippen LogP contribution in [0.15, 0.2) is 18.2 Å². The molecular weight excluding hydrogens is 358 g/mol. The van der Waals surface area contributed by atoms with Gasteiger partial charge in [-0.2, -0.15) is 0 Å². The lowest BCUT2D eigenvalue weighted by Gasteiger charge is -2.35. The molecule has 0 bridgehead atoms. The molecule has 1 aromatic heterocycles. The van der Waals surface area contributed by atoms with Crippen molar-refractivity contribution < 1.29 is 4.79 Å². The molecular formula is C20H27N5OS. The molecule has 2 saturated heterocycles. The fourth-order valence-corrected chi connectivity index (χ4v) is 5.04. The summed E-state index contributed by atoms with van der Waals surface area (Å²) in [5.74, 6) is 1.32. The molecule has 1 aromatic carbocycles. The SMILES string of the molecule is Cc1cc(C)cc(-c2nnc(NC(=O)N3CCCC(C4CCNC4)C3)s2)c1. The number of nitrogens with zero attached hydrogens (tertiary/aromatic N) is 3. The fraction of sp³-hybridized carbons (Fsp3) is 0.550. The summed E-state index contributed by atoms with van der Waals surface area (Å²) in [6.45, 7) is 8.03. The number of likely N-dealkylation sites (tertiary alicyclic amines) is 1. The summed E-state index contributed by atoms with van der Waals surface area (Å²) < 4.78 is 0. The van der Waals surface area contributed by atoms with Gasteiger partial charge >= 0.3 is 6.03 Å². The first-order valence-electron chi connectivity index (χ1n) is 9.77. The van der Waals surface area contributed by atoms with Gasteiger partial charge in [-0.3, -0.25) is 5.32 Å². The van der Waals surface area contributed by atoms with Crippen molar-refractivity contribution in [2.75, 3.05) is 31.5 Å². The van der Waals surface area contributed by atoms with Gasteiger partial charge in [0.05, 0.1) is 0 Å². The van der Waals surface area contributed by atoms with Gasteiger partial charge in [-0.05, 0) is 70.2 Å². The first-order chi connectivity index (χ1) is 13.1. The summed E-state index contributed by atoms with van der Waals surface area (Å²) in [5.41, 5.74) is 3.45. The average molecular weight is 386 g/mol.